The van der Waals surface area contributed by atoms with Crippen molar-refractivity contribution in [3.8, 4) is 0 Å². The molecule has 2 fully saturated rings. The molecule has 0 aliphatic carbocycles. The molecule has 5 rings (SSSR count). The Kier molecular flexibility index (Phi) is 4.30. The van der Waals surface area contributed by atoms with Gasteiger partial charge in [-0.1, -0.05) is 6.58 Å². The largest absolute Gasteiger partial charge is 0.444 e. The van der Waals surface area contributed by atoms with Gasteiger partial charge < -0.3 is 9.64 Å². The van der Waals surface area contributed by atoms with Gasteiger partial charge in [0.2, 0.25) is 0 Å². The van der Waals surface area contributed by atoms with E-state index >= 15 is 0 Å². The molecule has 0 N–H and O–H groups in total. The Labute approximate surface area is 179 Å². The second-order valence-electron chi connectivity index (χ2n) is 9.80. The van der Waals surface area contributed by atoms with Crippen LogP contribution in [-0.4, -0.2) is 51.2 Å². The number of aromatic nitrogens is 2. The summed E-state index contributed by atoms with van der Waals surface area (Å²) in [6, 6.07) is 1.04. The monoisotopic (exact) mass is 428 g/mol. The van der Waals surface area contributed by atoms with Crippen molar-refractivity contribution in [2.24, 2.45) is 0 Å². The number of carbonyl (C=O) groups is 1. The van der Waals surface area contributed by atoms with Crippen molar-refractivity contribution in [3.63, 3.8) is 0 Å². The van der Waals surface area contributed by atoms with E-state index in [1.165, 1.54) is 6.07 Å². The number of benzene rings is 1. The maximum atomic E-state index is 14.7. The lowest BCUT2D eigenvalue weighted by Crippen LogP contribution is -2.62. The molecule has 4 heterocycles. The topological polar surface area (TPSA) is 58.6 Å². The highest BCUT2D eigenvalue weighted by Crippen LogP contribution is 2.46. The van der Waals surface area contributed by atoms with Gasteiger partial charge in [0.1, 0.15) is 22.8 Å². The summed E-state index contributed by atoms with van der Waals surface area (Å²) in [4.78, 5) is 24.8. The number of piperazine rings is 1. The van der Waals surface area contributed by atoms with Crippen LogP contribution in [0.2, 0.25) is 0 Å². The second kappa shape index (κ2) is 6.61. The third-order valence-electron chi connectivity index (χ3n) is 6.56. The molecular formula is C23H26F2N4O2. The molecule has 0 unspecified atom stereocenters. The number of nitrogens with zero attached hydrogens (tertiary/aromatic N) is 4. The van der Waals surface area contributed by atoms with Gasteiger partial charge in [0.05, 0.1) is 23.5 Å². The Balaban J connectivity index is 1.64. The van der Waals surface area contributed by atoms with Crippen LogP contribution in [0, 0.1) is 18.8 Å². The molecule has 1 aromatic heterocycles. The van der Waals surface area contributed by atoms with Crippen LogP contribution in [-0.2, 0) is 4.74 Å². The molecule has 0 spiro atoms. The standard InChI is InChI=1S/C23H26F2N4O2/c1-11-8-14(24)19-18-17(11)12(2)9-16-15-7-6-13(29(15)22(30)31-23(3,4)5)10-28(16)20(18)27-21(25)26-19/h8,13,15-16H,2,6-7,9-10H2,1,3-5H3/t13-,15+,16-/m1/s1. The van der Waals surface area contributed by atoms with Gasteiger partial charge in [0.25, 0.3) is 0 Å². The fraction of sp³-hybridized carbons (Fsp3) is 0.522. The summed E-state index contributed by atoms with van der Waals surface area (Å²) in [6.45, 7) is 12.1. The lowest BCUT2D eigenvalue weighted by atomic mass is 9.91. The van der Waals surface area contributed by atoms with Gasteiger partial charge in [-0.15, -0.1) is 0 Å². The quantitative estimate of drug-likeness (QED) is 0.575. The Morgan fingerprint density at radius 1 is 1.23 bits per heavy atom. The summed E-state index contributed by atoms with van der Waals surface area (Å²) in [6.07, 6.45) is 0.932. The number of aryl methyl sites for hydroxylation is 1. The first-order chi connectivity index (χ1) is 14.5. The Morgan fingerprint density at radius 3 is 2.68 bits per heavy atom. The first-order valence-electron chi connectivity index (χ1n) is 10.7. The van der Waals surface area contributed by atoms with Crippen molar-refractivity contribution < 1.29 is 18.3 Å². The van der Waals surface area contributed by atoms with E-state index in [0.717, 1.165) is 29.5 Å². The summed E-state index contributed by atoms with van der Waals surface area (Å²) in [7, 11) is 0. The van der Waals surface area contributed by atoms with E-state index in [-0.39, 0.29) is 29.7 Å². The van der Waals surface area contributed by atoms with Crippen LogP contribution < -0.4 is 4.90 Å². The van der Waals surface area contributed by atoms with Gasteiger partial charge in [-0.2, -0.15) is 14.4 Å². The van der Waals surface area contributed by atoms with E-state index in [0.29, 0.717) is 24.2 Å². The molecule has 1 amide bonds. The molecule has 1 aromatic carbocycles. The number of anilines is 1. The van der Waals surface area contributed by atoms with Gasteiger partial charge >= 0.3 is 12.2 Å². The molecule has 31 heavy (non-hydrogen) atoms. The highest BCUT2D eigenvalue weighted by Gasteiger charge is 2.51. The normalized spacial score (nSPS) is 25.0. The fourth-order valence-electron chi connectivity index (χ4n) is 5.50. The zero-order valence-electron chi connectivity index (χ0n) is 18.2. The predicted octanol–water partition coefficient (Wildman–Crippen LogP) is 4.59. The third kappa shape index (κ3) is 3.06. The molecule has 164 valence electrons. The number of hydrogen-bond donors (Lipinski definition) is 0. The highest BCUT2D eigenvalue weighted by molar-refractivity contribution is 6.01. The maximum absolute atomic E-state index is 14.7. The van der Waals surface area contributed by atoms with Crippen LogP contribution in [0.1, 0.15) is 51.2 Å². The van der Waals surface area contributed by atoms with Gasteiger partial charge in [-0.25, -0.2) is 9.18 Å². The number of amides is 1. The molecule has 8 heteroatoms. The minimum atomic E-state index is -0.954. The molecule has 0 saturated carbocycles. The summed E-state index contributed by atoms with van der Waals surface area (Å²) in [5.74, 6) is -0.176. The summed E-state index contributed by atoms with van der Waals surface area (Å²) >= 11 is 0. The Morgan fingerprint density at radius 2 is 1.97 bits per heavy atom. The van der Waals surface area contributed by atoms with E-state index < -0.39 is 17.5 Å². The Hall–Kier alpha value is -2.77. The molecule has 0 radical (unpaired) electrons. The van der Waals surface area contributed by atoms with E-state index in [9.17, 15) is 13.6 Å². The van der Waals surface area contributed by atoms with E-state index in [2.05, 4.69) is 16.5 Å². The maximum Gasteiger partial charge on any atom is 0.410 e. The van der Waals surface area contributed by atoms with Crippen LogP contribution in [0.4, 0.5) is 19.4 Å². The molecule has 2 aromatic rings. The van der Waals surface area contributed by atoms with Crippen LogP contribution in [0.15, 0.2) is 12.6 Å². The highest BCUT2D eigenvalue weighted by atomic mass is 19.1. The van der Waals surface area contributed by atoms with E-state index in [1.807, 2.05) is 37.5 Å². The molecule has 3 aliphatic heterocycles. The minimum Gasteiger partial charge on any atom is -0.444 e. The van der Waals surface area contributed by atoms with Gasteiger partial charge in [0, 0.05) is 6.54 Å². The number of fused-ring (bicyclic) bond motifs is 5. The van der Waals surface area contributed by atoms with Crippen molar-refractivity contribution in [3.05, 3.63) is 35.7 Å². The smallest absolute Gasteiger partial charge is 0.410 e. The lowest BCUT2D eigenvalue weighted by Gasteiger charge is -2.47. The zero-order chi connectivity index (χ0) is 22.2. The van der Waals surface area contributed by atoms with Gasteiger partial charge in [0.15, 0.2) is 0 Å². The SMILES string of the molecule is C=C1C[C@@H]2[C@@H]3CC[C@H](CN2c2nc(F)nc4c(F)cc(C)c1c24)N3C(=O)OC(C)(C)C. The van der Waals surface area contributed by atoms with E-state index in [4.69, 9.17) is 4.74 Å². The van der Waals surface area contributed by atoms with Gasteiger partial charge in [-0.05, 0) is 69.7 Å². The van der Waals surface area contributed by atoms with Crippen molar-refractivity contribution in [2.75, 3.05) is 11.4 Å². The van der Waals surface area contributed by atoms with Crippen LogP contribution in [0.25, 0.3) is 16.5 Å². The molecule has 2 saturated heterocycles. The number of ether oxygens (including phenoxy) is 1. The van der Waals surface area contributed by atoms with Crippen LogP contribution in [0.3, 0.4) is 0 Å². The van der Waals surface area contributed by atoms with Crippen LogP contribution in [0.5, 0.6) is 0 Å². The number of carbonyl (C=O) groups excluding carboxylic acids is 1. The minimum absolute atomic E-state index is 0.0215. The second-order valence-corrected chi connectivity index (χ2v) is 9.80. The first kappa shape index (κ1) is 20.2. The fourth-order valence-corrected chi connectivity index (χ4v) is 5.50. The average Bonchev–Trinajstić information content (AvgIpc) is 2.92. The zero-order valence-corrected chi connectivity index (χ0v) is 18.2. The van der Waals surface area contributed by atoms with Gasteiger partial charge in [-0.3, -0.25) is 4.90 Å². The summed E-state index contributed by atoms with van der Waals surface area (Å²) in [5, 5.41) is 0.511. The van der Waals surface area contributed by atoms with E-state index in [1.54, 1.807) is 0 Å². The Bertz CT molecular complexity index is 1130. The number of hydrogen-bond acceptors (Lipinski definition) is 5. The van der Waals surface area contributed by atoms with Crippen molar-refractivity contribution >= 4 is 28.4 Å². The molecule has 2 bridgehead atoms. The number of rotatable bonds is 0. The van der Waals surface area contributed by atoms with Crippen LogP contribution >= 0.6 is 0 Å². The van der Waals surface area contributed by atoms with Crippen molar-refractivity contribution in [2.45, 2.75) is 70.7 Å². The van der Waals surface area contributed by atoms with Crippen molar-refractivity contribution in [1.29, 1.82) is 0 Å². The summed E-state index contributed by atoms with van der Waals surface area (Å²) < 4.78 is 34.8. The lowest BCUT2D eigenvalue weighted by molar-refractivity contribution is 0.00777. The predicted molar refractivity (Wildman–Crippen MR) is 114 cm³/mol. The average molecular weight is 428 g/mol. The molecular weight excluding hydrogens is 402 g/mol. The molecule has 3 aliphatic rings. The van der Waals surface area contributed by atoms with Crippen molar-refractivity contribution in [1.82, 2.24) is 14.9 Å². The molecule has 6 nitrogen and oxygen atoms in total. The summed E-state index contributed by atoms with van der Waals surface area (Å²) in [5.41, 5.74) is 1.71. The third-order valence-corrected chi connectivity index (χ3v) is 6.56. The molecule has 3 atom stereocenters. The first-order valence-corrected chi connectivity index (χ1v) is 10.7. The number of halogens is 2.